The smallest absolute Gasteiger partial charge is 0.165 e. The number of benzene rings is 1. The van der Waals surface area contributed by atoms with E-state index in [-0.39, 0.29) is 5.82 Å². The molecule has 0 aliphatic carbocycles. The molecule has 1 aliphatic heterocycles. The molecule has 0 spiro atoms. The molecule has 17 heavy (non-hydrogen) atoms. The molecule has 1 atom stereocenters. The maximum atomic E-state index is 13.6. The van der Waals surface area contributed by atoms with Crippen molar-refractivity contribution in [2.75, 3.05) is 20.2 Å². The van der Waals surface area contributed by atoms with Crippen LogP contribution in [0.3, 0.4) is 0 Å². The van der Waals surface area contributed by atoms with Gasteiger partial charge in [0.25, 0.3) is 0 Å². The van der Waals surface area contributed by atoms with Gasteiger partial charge in [0, 0.05) is 5.56 Å². The Bertz CT molecular complexity index is 386. The van der Waals surface area contributed by atoms with E-state index in [2.05, 4.69) is 5.32 Å². The predicted octanol–water partition coefficient (Wildman–Crippen LogP) is 2.68. The lowest BCUT2D eigenvalue weighted by molar-refractivity contribution is 0.354. The number of piperidine rings is 1. The van der Waals surface area contributed by atoms with Crippen LogP contribution in [-0.4, -0.2) is 20.2 Å². The molecule has 1 fully saturated rings. The van der Waals surface area contributed by atoms with Gasteiger partial charge in [0.2, 0.25) is 0 Å². The van der Waals surface area contributed by atoms with Crippen molar-refractivity contribution in [1.82, 2.24) is 5.32 Å². The largest absolute Gasteiger partial charge is 0.493 e. The van der Waals surface area contributed by atoms with Crippen LogP contribution in [0.2, 0.25) is 0 Å². The van der Waals surface area contributed by atoms with Gasteiger partial charge >= 0.3 is 0 Å². The van der Waals surface area contributed by atoms with E-state index in [0.717, 1.165) is 30.6 Å². The minimum absolute atomic E-state index is 0.253. The average molecular weight is 237 g/mol. The normalized spacial score (nSPS) is 20.3. The van der Waals surface area contributed by atoms with Gasteiger partial charge in [-0.25, -0.2) is 4.39 Å². The van der Waals surface area contributed by atoms with Crippen molar-refractivity contribution in [3.8, 4) is 5.75 Å². The first kappa shape index (κ1) is 12.4. The van der Waals surface area contributed by atoms with Crippen molar-refractivity contribution >= 4 is 0 Å². The molecule has 94 valence electrons. The van der Waals surface area contributed by atoms with Gasteiger partial charge in [0.05, 0.1) is 7.11 Å². The van der Waals surface area contributed by atoms with Crippen LogP contribution in [0.25, 0.3) is 0 Å². The maximum absolute atomic E-state index is 13.6. The SMILES string of the molecule is COc1c(F)ccc(C)c1CC1CCCNC1. The van der Waals surface area contributed by atoms with E-state index in [4.69, 9.17) is 4.74 Å². The number of aryl methyl sites for hydroxylation is 1. The first-order chi connectivity index (χ1) is 8.22. The molecule has 3 heteroatoms. The zero-order valence-electron chi connectivity index (χ0n) is 10.6. The van der Waals surface area contributed by atoms with Crippen LogP contribution in [0, 0.1) is 18.7 Å². The first-order valence-corrected chi connectivity index (χ1v) is 6.25. The van der Waals surface area contributed by atoms with Crippen LogP contribution < -0.4 is 10.1 Å². The van der Waals surface area contributed by atoms with Crippen LogP contribution in [0.1, 0.15) is 24.0 Å². The maximum Gasteiger partial charge on any atom is 0.165 e. The number of ether oxygens (including phenoxy) is 1. The molecule has 1 N–H and O–H groups in total. The lowest BCUT2D eigenvalue weighted by Gasteiger charge is -2.24. The van der Waals surface area contributed by atoms with Gasteiger partial charge in [-0.15, -0.1) is 0 Å². The van der Waals surface area contributed by atoms with E-state index < -0.39 is 0 Å². The van der Waals surface area contributed by atoms with Gasteiger partial charge in [-0.05, 0) is 56.8 Å². The van der Waals surface area contributed by atoms with Gasteiger partial charge in [0.15, 0.2) is 11.6 Å². The Balaban J connectivity index is 2.21. The average Bonchev–Trinajstić information content (AvgIpc) is 2.35. The Kier molecular flexibility index (Phi) is 4.00. The summed E-state index contributed by atoms with van der Waals surface area (Å²) in [6, 6.07) is 3.32. The van der Waals surface area contributed by atoms with Crippen LogP contribution >= 0.6 is 0 Å². The monoisotopic (exact) mass is 237 g/mol. The number of hydrogen-bond donors (Lipinski definition) is 1. The lowest BCUT2D eigenvalue weighted by Crippen LogP contribution is -2.31. The zero-order valence-corrected chi connectivity index (χ0v) is 10.6. The minimum Gasteiger partial charge on any atom is -0.493 e. The standard InChI is InChI=1S/C14H20FNO/c1-10-5-6-13(15)14(17-2)12(10)8-11-4-3-7-16-9-11/h5-6,11,16H,3-4,7-9H2,1-2H3. The zero-order chi connectivity index (χ0) is 12.3. The van der Waals surface area contributed by atoms with Gasteiger partial charge in [-0.2, -0.15) is 0 Å². The number of rotatable bonds is 3. The molecule has 1 saturated heterocycles. The molecule has 1 heterocycles. The molecule has 1 unspecified atom stereocenters. The summed E-state index contributed by atoms with van der Waals surface area (Å²) in [5.41, 5.74) is 2.15. The highest BCUT2D eigenvalue weighted by molar-refractivity contribution is 5.41. The predicted molar refractivity (Wildman–Crippen MR) is 67.0 cm³/mol. The fraction of sp³-hybridized carbons (Fsp3) is 0.571. The third kappa shape index (κ3) is 2.78. The molecule has 0 amide bonds. The fourth-order valence-corrected chi connectivity index (χ4v) is 2.56. The van der Waals surface area contributed by atoms with Crippen molar-refractivity contribution in [1.29, 1.82) is 0 Å². The van der Waals surface area contributed by atoms with E-state index in [9.17, 15) is 4.39 Å². The first-order valence-electron chi connectivity index (χ1n) is 6.25. The minimum atomic E-state index is -0.253. The Morgan fingerprint density at radius 3 is 2.94 bits per heavy atom. The highest BCUT2D eigenvalue weighted by atomic mass is 19.1. The molecule has 1 aromatic rings. The van der Waals surface area contributed by atoms with Crippen molar-refractivity contribution in [3.05, 3.63) is 29.1 Å². The molecular formula is C14H20FNO. The third-order valence-electron chi connectivity index (χ3n) is 3.54. The van der Waals surface area contributed by atoms with Crippen LogP contribution in [0.5, 0.6) is 5.75 Å². The molecule has 0 bridgehead atoms. The van der Waals surface area contributed by atoms with Crippen LogP contribution in [0.15, 0.2) is 12.1 Å². The summed E-state index contributed by atoms with van der Waals surface area (Å²) in [4.78, 5) is 0. The Hall–Kier alpha value is -1.09. The van der Waals surface area contributed by atoms with Crippen molar-refractivity contribution in [3.63, 3.8) is 0 Å². The van der Waals surface area contributed by atoms with Crippen molar-refractivity contribution in [2.45, 2.75) is 26.2 Å². The second kappa shape index (κ2) is 5.50. The highest BCUT2D eigenvalue weighted by Gasteiger charge is 2.19. The second-order valence-corrected chi connectivity index (χ2v) is 4.79. The van der Waals surface area contributed by atoms with Gasteiger partial charge in [-0.3, -0.25) is 0 Å². The molecule has 1 aliphatic rings. The topological polar surface area (TPSA) is 21.3 Å². The summed E-state index contributed by atoms with van der Waals surface area (Å²) in [5.74, 6) is 0.769. The molecule has 2 nitrogen and oxygen atoms in total. The van der Waals surface area contributed by atoms with E-state index in [1.165, 1.54) is 18.9 Å². The fourth-order valence-electron chi connectivity index (χ4n) is 2.56. The molecule has 0 aromatic heterocycles. The molecular weight excluding hydrogens is 217 g/mol. The summed E-state index contributed by atoms with van der Waals surface area (Å²) in [6.07, 6.45) is 3.33. The van der Waals surface area contributed by atoms with Gasteiger partial charge in [-0.1, -0.05) is 6.07 Å². The summed E-state index contributed by atoms with van der Waals surface area (Å²) in [6.45, 7) is 4.16. The number of halogens is 1. The van der Waals surface area contributed by atoms with Crippen molar-refractivity contribution in [2.24, 2.45) is 5.92 Å². The Labute approximate surface area is 102 Å². The van der Waals surface area contributed by atoms with Gasteiger partial charge in [0.1, 0.15) is 0 Å². The quantitative estimate of drug-likeness (QED) is 0.872. The number of hydrogen-bond acceptors (Lipinski definition) is 2. The molecule has 1 aromatic carbocycles. The van der Waals surface area contributed by atoms with E-state index >= 15 is 0 Å². The van der Waals surface area contributed by atoms with Crippen molar-refractivity contribution < 1.29 is 9.13 Å². The highest BCUT2D eigenvalue weighted by Crippen LogP contribution is 2.29. The second-order valence-electron chi connectivity index (χ2n) is 4.79. The van der Waals surface area contributed by atoms with Crippen LogP contribution in [-0.2, 0) is 6.42 Å². The summed E-state index contributed by atoms with van der Waals surface area (Å²) in [5, 5.41) is 3.39. The molecule has 0 saturated carbocycles. The number of nitrogens with one attached hydrogen (secondary N) is 1. The molecule has 0 radical (unpaired) electrons. The Morgan fingerprint density at radius 1 is 1.47 bits per heavy atom. The van der Waals surface area contributed by atoms with Crippen LogP contribution in [0.4, 0.5) is 4.39 Å². The Morgan fingerprint density at radius 2 is 2.29 bits per heavy atom. The lowest BCUT2D eigenvalue weighted by atomic mass is 9.90. The summed E-state index contributed by atoms with van der Waals surface area (Å²) in [7, 11) is 1.54. The third-order valence-corrected chi connectivity index (χ3v) is 3.54. The number of methoxy groups -OCH3 is 1. The van der Waals surface area contributed by atoms with Gasteiger partial charge < -0.3 is 10.1 Å². The summed E-state index contributed by atoms with van der Waals surface area (Å²) < 4.78 is 18.8. The summed E-state index contributed by atoms with van der Waals surface area (Å²) >= 11 is 0. The molecule has 2 rings (SSSR count). The van der Waals surface area contributed by atoms with E-state index in [0.29, 0.717) is 11.7 Å². The van der Waals surface area contributed by atoms with E-state index in [1.807, 2.05) is 13.0 Å². The van der Waals surface area contributed by atoms with E-state index in [1.54, 1.807) is 7.11 Å².